The first-order valence-electron chi connectivity index (χ1n) is 14.0. The van der Waals surface area contributed by atoms with Gasteiger partial charge < -0.3 is 19.7 Å². The molecule has 0 fully saturated rings. The number of rotatable bonds is 11. The van der Waals surface area contributed by atoms with Gasteiger partial charge in [0.05, 0.1) is 11.4 Å². The van der Waals surface area contributed by atoms with Crippen LogP contribution >= 0.6 is 0 Å². The molecule has 0 saturated heterocycles. The van der Waals surface area contributed by atoms with E-state index in [1.165, 1.54) is 11.8 Å². The number of nitrogens with one attached hydrogen (secondary N) is 1. The number of carbonyl (C=O) groups excluding carboxylic acids is 2. The summed E-state index contributed by atoms with van der Waals surface area (Å²) in [5.74, 6) is -0.138. The fourth-order valence-corrected chi connectivity index (χ4v) is 5.71. The number of ether oxygens (including phenoxy) is 2. The third-order valence-electron chi connectivity index (χ3n) is 6.87. The van der Waals surface area contributed by atoms with Gasteiger partial charge in [0.25, 0.3) is 0 Å². The Morgan fingerprint density at radius 1 is 0.929 bits per heavy atom. The zero-order valence-electron chi connectivity index (χ0n) is 24.8. The van der Waals surface area contributed by atoms with Crippen LogP contribution in [0.25, 0.3) is 0 Å². The van der Waals surface area contributed by atoms with E-state index in [-0.39, 0.29) is 37.1 Å². The highest BCUT2D eigenvalue weighted by Crippen LogP contribution is 2.36. The first kappa shape index (κ1) is 30.9. The summed E-state index contributed by atoms with van der Waals surface area (Å²) in [4.78, 5) is 29.6. The molecular weight excluding hydrogens is 554 g/mol. The van der Waals surface area contributed by atoms with Crippen LogP contribution in [0, 0.1) is 6.92 Å². The average molecular weight is 594 g/mol. The van der Waals surface area contributed by atoms with Crippen molar-refractivity contribution in [1.82, 2.24) is 10.2 Å². The van der Waals surface area contributed by atoms with Gasteiger partial charge in [0.2, 0.25) is 28.6 Å². The molecule has 10 heteroatoms. The standard InChI is InChI=1S/C32H39N3O6S/c1-6-42(38,39)35(26-16-17-28-29(19-26)41-22-40-28)21-30(36)34(20-25-14-12-23(2)13-15-25)27(31(37)33-32(3,4)5)18-24-10-8-7-9-11-24/h7-17,19,27H,6,18,20-22H2,1-5H3,(H,33,37)/t27-/m1/s1. The lowest BCUT2D eigenvalue weighted by Crippen LogP contribution is -2.56. The molecule has 4 rings (SSSR count). The molecule has 0 radical (unpaired) electrons. The Kier molecular flexibility index (Phi) is 9.46. The molecule has 1 aliphatic heterocycles. The fraction of sp³-hybridized carbons (Fsp3) is 0.375. The highest BCUT2D eigenvalue weighted by Gasteiger charge is 2.35. The van der Waals surface area contributed by atoms with Crippen LogP contribution in [0.1, 0.15) is 44.4 Å². The number of aryl methyl sites for hydroxylation is 1. The van der Waals surface area contributed by atoms with Crippen molar-refractivity contribution < 1.29 is 27.5 Å². The number of anilines is 1. The van der Waals surface area contributed by atoms with E-state index in [9.17, 15) is 18.0 Å². The lowest BCUT2D eigenvalue weighted by molar-refractivity contribution is -0.140. The van der Waals surface area contributed by atoms with Crippen molar-refractivity contribution in [3.63, 3.8) is 0 Å². The summed E-state index contributed by atoms with van der Waals surface area (Å²) in [6, 6.07) is 21.1. The van der Waals surface area contributed by atoms with Crippen LogP contribution in [0.2, 0.25) is 0 Å². The van der Waals surface area contributed by atoms with Crippen LogP contribution in [-0.4, -0.2) is 55.8 Å². The molecular formula is C32H39N3O6S. The zero-order chi connectivity index (χ0) is 30.5. The van der Waals surface area contributed by atoms with E-state index in [0.29, 0.717) is 11.5 Å². The Hall–Kier alpha value is -4.05. The van der Waals surface area contributed by atoms with Gasteiger partial charge in [-0.05, 0) is 57.9 Å². The summed E-state index contributed by atoms with van der Waals surface area (Å²) in [6.07, 6.45) is 0.255. The predicted molar refractivity (Wildman–Crippen MR) is 163 cm³/mol. The number of hydrogen-bond acceptors (Lipinski definition) is 6. The highest BCUT2D eigenvalue weighted by atomic mass is 32.2. The summed E-state index contributed by atoms with van der Waals surface area (Å²) in [5, 5.41) is 3.03. The van der Waals surface area contributed by atoms with Gasteiger partial charge in [-0.3, -0.25) is 13.9 Å². The van der Waals surface area contributed by atoms with Gasteiger partial charge in [-0.2, -0.15) is 0 Å². The average Bonchev–Trinajstić information content (AvgIpc) is 3.42. The maximum Gasteiger partial charge on any atom is 0.244 e. The largest absolute Gasteiger partial charge is 0.454 e. The summed E-state index contributed by atoms with van der Waals surface area (Å²) in [5.41, 5.74) is 2.49. The topological polar surface area (TPSA) is 105 Å². The maximum absolute atomic E-state index is 14.3. The Morgan fingerprint density at radius 3 is 2.24 bits per heavy atom. The van der Waals surface area contributed by atoms with Gasteiger partial charge in [0.1, 0.15) is 12.6 Å². The summed E-state index contributed by atoms with van der Waals surface area (Å²) in [7, 11) is -3.88. The van der Waals surface area contributed by atoms with Crippen LogP contribution in [-0.2, 0) is 32.6 Å². The molecule has 2 amide bonds. The lowest BCUT2D eigenvalue weighted by Gasteiger charge is -2.35. The minimum absolute atomic E-state index is 0.0344. The number of amides is 2. The maximum atomic E-state index is 14.3. The second-order valence-corrected chi connectivity index (χ2v) is 13.6. The number of nitrogens with zero attached hydrogens (tertiary/aromatic N) is 2. The molecule has 1 heterocycles. The van der Waals surface area contributed by atoms with Crippen LogP contribution < -0.4 is 19.1 Å². The van der Waals surface area contributed by atoms with E-state index in [2.05, 4.69) is 5.32 Å². The first-order chi connectivity index (χ1) is 19.9. The van der Waals surface area contributed by atoms with Crippen LogP contribution in [0.4, 0.5) is 5.69 Å². The second-order valence-electron chi connectivity index (χ2n) is 11.4. The molecule has 224 valence electrons. The molecule has 1 aliphatic rings. The van der Waals surface area contributed by atoms with E-state index >= 15 is 0 Å². The number of hydrogen-bond donors (Lipinski definition) is 1. The Labute approximate surface area is 248 Å². The van der Waals surface area contributed by atoms with Crippen molar-refractivity contribution in [3.8, 4) is 11.5 Å². The van der Waals surface area contributed by atoms with E-state index in [4.69, 9.17) is 9.47 Å². The summed E-state index contributed by atoms with van der Waals surface area (Å²) >= 11 is 0. The van der Waals surface area contributed by atoms with Gasteiger partial charge in [-0.25, -0.2) is 8.42 Å². The van der Waals surface area contributed by atoms with E-state index in [1.54, 1.807) is 18.2 Å². The van der Waals surface area contributed by atoms with Crippen molar-refractivity contribution in [2.24, 2.45) is 0 Å². The summed E-state index contributed by atoms with van der Waals surface area (Å²) in [6.45, 7) is 8.81. The van der Waals surface area contributed by atoms with Crippen molar-refractivity contribution >= 4 is 27.5 Å². The SMILES string of the molecule is CCS(=O)(=O)N(CC(=O)N(Cc1ccc(C)cc1)[C@H](Cc1ccccc1)C(=O)NC(C)(C)C)c1ccc2c(c1)OCO2. The van der Waals surface area contributed by atoms with E-state index in [1.807, 2.05) is 82.3 Å². The van der Waals surface area contributed by atoms with E-state index in [0.717, 1.165) is 21.0 Å². The quantitative estimate of drug-likeness (QED) is 0.353. The highest BCUT2D eigenvalue weighted by molar-refractivity contribution is 7.92. The zero-order valence-corrected chi connectivity index (χ0v) is 25.6. The first-order valence-corrected chi connectivity index (χ1v) is 15.6. The van der Waals surface area contributed by atoms with Crippen molar-refractivity contribution in [1.29, 1.82) is 0 Å². The van der Waals surface area contributed by atoms with Gasteiger partial charge in [0.15, 0.2) is 11.5 Å². The summed E-state index contributed by atoms with van der Waals surface area (Å²) < 4.78 is 38.6. The molecule has 0 aromatic heterocycles. The molecule has 0 aliphatic carbocycles. The van der Waals surface area contributed by atoms with Crippen molar-refractivity contribution in [2.45, 2.75) is 59.2 Å². The number of carbonyl (C=O) groups is 2. The molecule has 1 N–H and O–H groups in total. The molecule has 0 bridgehead atoms. The number of sulfonamides is 1. The predicted octanol–water partition coefficient (Wildman–Crippen LogP) is 4.43. The van der Waals surface area contributed by atoms with Crippen LogP contribution in [0.3, 0.4) is 0 Å². The van der Waals surface area contributed by atoms with Gasteiger partial charge >= 0.3 is 0 Å². The van der Waals surface area contributed by atoms with E-state index < -0.39 is 34.1 Å². The smallest absolute Gasteiger partial charge is 0.244 e. The normalized spacial score (nSPS) is 13.4. The molecule has 3 aromatic carbocycles. The Balaban J connectivity index is 1.75. The minimum Gasteiger partial charge on any atom is -0.454 e. The van der Waals surface area contributed by atoms with Gasteiger partial charge in [0, 0.05) is 24.6 Å². The second kappa shape index (κ2) is 12.9. The molecule has 9 nitrogen and oxygen atoms in total. The Morgan fingerprint density at radius 2 is 1.60 bits per heavy atom. The molecule has 42 heavy (non-hydrogen) atoms. The monoisotopic (exact) mass is 593 g/mol. The van der Waals surface area contributed by atoms with Gasteiger partial charge in [-0.15, -0.1) is 0 Å². The molecule has 1 atom stereocenters. The molecule has 0 spiro atoms. The van der Waals surface area contributed by atoms with Crippen molar-refractivity contribution in [2.75, 3.05) is 23.4 Å². The van der Waals surface area contributed by atoms with Gasteiger partial charge in [-0.1, -0.05) is 60.2 Å². The molecule has 0 saturated carbocycles. The minimum atomic E-state index is -3.88. The van der Waals surface area contributed by atoms with Crippen molar-refractivity contribution in [3.05, 3.63) is 89.5 Å². The Bertz CT molecular complexity index is 1500. The fourth-order valence-electron chi connectivity index (χ4n) is 4.66. The van der Waals surface area contributed by atoms with Crippen LogP contribution in [0.15, 0.2) is 72.8 Å². The van der Waals surface area contributed by atoms with Crippen LogP contribution in [0.5, 0.6) is 11.5 Å². The lowest BCUT2D eigenvalue weighted by atomic mass is 10.0. The number of fused-ring (bicyclic) bond motifs is 1. The third-order valence-corrected chi connectivity index (χ3v) is 8.61. The molecule has 0 unspecified atom stereocenters. The third kappa shape index (κ3) is 7.82. The number of benzene rings is 3. The molecule has 3 aromatic rings.